The molecule has 3 N–H and O–H groups in total. The maximum absolute atomic E-state index is 12.8. The van der Waals surface area contributed by atoms with Crippen LogP contribution in [0.4, 0.5) is 16.6 Å². The molecule has 0 aliphatic heterocycles. The van der Waals surface area contributed by atoms with Crippen LogP contribution in [-0.2, 0) is 0 Å². The second-order valence-corrected chi connectivity index (χ2v) is 8.39. The number of hydrogen-bond donors (Lipinski definition) is 3. The van der Waals surface area contributed by atoms with E-state index in [4.69, 9.17) is 0 Å². The van der Waals surface area contributed by atoms with Crippen LogP contribution in [0, 0.1) is 6.92 Å². The number of aryl methyl sites for hydroxylation is 1. The van der Waals surface area contributed by atoms with Crippen molar-refractivity contribution in [3.8, 4) is 10.6 Å². The third-order valence-corrected chi connectivity index (χ3v) is 6.18. The number of aromatic amines is 1. The smallest absolute Gasteiger partial charge is 0.267 e. The predicted octanol–water partition coefficient (Wildman–Crippen LogP) is 4.84. The van der Waals surface area contributed by atoms with Crippen molar-refractivity contribution in [3.05, 3.63) is 64.9 Å². The second kappa shape index (κ2) is 7.65. The number of nitrogens with one attached hydrogen (secondary N) is 3. The molecule has 148 valence electrons. The van der Waals surface area contributed by atoms with Crippen LogP contribution in [0.3, 0.4) is 0 Å². The lowest BCUT2D eigenvalue weighted by Gasteiger charge is -2.08. The summed E-state index contributed by atoms with van der Waals surface area (Å²) in [7, 11) is 0. The lowest BCUT2D eigenvalue weighted by Crippen LogP contribution is -2.11. The van der Waals surface area contributed by atoms with Crippen molar-refractivity contribution < 1.29 is 4.79 Å². The minimum atomic E-state index is -0.219. The maximum Gasteiger partial charge on any atom is 0.267 e. The maximum atomic E-state index is 12.8. The first-order valence-corrected chi connectivity index (χ1v) is 10.7. The molecule has 0 saturated carbocycles. The number of anilines is 3. The van der Waals surface area contributed by atoms with Gasteiger partial charge in [-0.05, 0) is 30.7 Å². The van der Waals surface area contributed by atoms with Gasteiger partial charge >= 0.3 is 0 Å². The van der Waals surface area contributed by atoms with Crippen LogP contribution < -0.4 is 10.6 Å². The van der Waals surface area contributed by atoms with Gasteiger partial charge < -0.3 is 10.6 Å². The van der Waals surface area contributed by atoms with Gasteiger partial charge in [0.2, 0.25) is 0 Å². The number of pyridine rings is 1. The van der Waals surface area contributed by atoms with E-state index >= 15 is 0 Å². The molecule has 0 saturated heterocycles. The Morgan fingerprint density at radius 2 is 2.07 bits per heavy atom. The zero-order valence-electron chi connectivity index (χ0n) is 15.7. The van der Waals surface area contributed by atoms with Crippen molar-refractivity contribution in [3.63, 3.8) is 0 Å². The summed E-state index contributed by atoms with van der Waals surface area (Å²) >= 11 is 2.79. The molecule has 4 aromatic heterocycles. The Morgan fingerprint density at radius 3 is 2.93 bits per heavy atom. The number of hydrogen-bond acceptors (Lipinski definition) is 8. The molecule has 0 spiro atoms. The molecule has 0 radical (unpaired) electrons. The Bertz CT molecular complexity index is 1340. The molecule has 5 aromatic rings. The average Bonchev–Trinajstić information content (AvgIpc) is 3.52. The van der Waals surface area contributed by atoms with Gasteiger partial charge in [0.15, 0.2) is 5.13 Å². The number of nitrogens with zero attached hydrogens (tertiary/aromatic N) is 4. The number of carbonyl (C=O) groups excluding carboxylic acids is 1. The predicted molar refractivity (Wildman–Crippen MR) is 120 cm³/mol. The summed E-state index contributed by atoms with van der Waals surface area (Å²) in [6.45, 7) is 1.95. The van der Waals surface area contributed by atoms with Gasteiger partial charge in [0, 0.05) is 11.6 Å². The number of aromatic nitrogens is 5. The summed E-state index contributed by atoms with van der Waals surface area (Å²) in [5.74, 6) is 0.435. The number of thiazole rings is 2. The highest BCUT2D eigenvalue weighted by Crippen LogP contribution is 2.29. The van der Waals surface area contributed by atoms with Crippen LogP contribution in [0.1, 0.15) is 15.2 Å². The summed E-state index contributed by atoms with van der Waals surface area (Å²) in [6.07, 6.45) is 5.05. The summed E-state index contributed by atoms with van der Waals surface area (Å²) in [6, 6.07) is 9.58. The molecule has 8 nitrogen and oxygen atoms in total. The Labute approximate surface area is 179 Å². The van der Waals surface area contributed by atoms with Gasteiger partial charge in [0.05, 0.1) is 39.7 Å². The summed E-state index contributed by atoms with van der Waals surface area (Å²) in [5.41, 5.74) is 5.18. The van der Waals surface area contributed by atoms with Crippen LogP contribution >= 0.6 is 22.7 Å². The number of fused-ring (bicyclic) bond motifs is 1. The third-order valence-electron chi connectivity index (χ3n) is 4.47. The molecule has 1 aromatic carbocycles. The number of amides is 1. The van der Waals surface area contributed by atoms with Gasteiger partial charge in [0.1, 0.15) is 10.7 Å². The summed E-state index contributed by atoms with van der Waals surface area (Å²) in [4.78, 5) is 27.3. The number of H-pyrrole nitrogens is 1. The first-order chi connectivity index (χ1) is 14.7. The van der Waals surface area contributed by atoms with Crippen molar-refractivity contribution in [2.24, 2.45) is 0 Å². The first kappa shape index (κ1) is 18.4. The normalized spacial score (nSPS) is 11.0. The van der Waals surface area contributed by atoms with Crippen molar-refractivity contribution in [1.82, 2.24) is 25.1 Å². The molecule has 0 aliphatic carbocycles. The van der Waals surface area contributed by atoms with E-state index in [1.165, 1.54) is 22.7 Å². The quantitative estimate of drug-likeness (QED) is 0.366. The molecule has 10 heteroatoms. The fourth-order valence-corrected chi connectivity index (χ4v) is 4.31. The van der Waals surface area contributed by atoms with Crippen LogP contribution in [0.2, 0.25) is 0 Å². The first-order valence-electron chi connectivity index (χ1n) is 9.00. The molecule has 0 aliphatic rings. The van der Waals surface area contributed by atoms with Crippen LogP contribution in [-0.4, -0.2) is 31.1 Å². The van der Waals surface area contributed by atoms with E-state index in [-0.39, 0.29) is 5.91 Å². The van der Waals surface area contributed by atoms with E-state index < -0.39 is 0 Å². The molecular weight excluding hydrogens is 418 g/mol. The van der Waals surface area contributed by atoms with E-state index in [1.807, 2.05) is 37.3 Å². The van der Waals surface area contributed by atoms with Crippen molar-refractivity contribution in [2.45, 2.75) is 6.92 Å². The summed E-state index contributed by atoms with van der Waals surface area (Å²) < 4.78 is 0. The molecule has 1 amide bonds. The van der Waals surface area contributed by atoms with Gasteiger partial charge in [-0.1, -0.05) is 23.5 Å². The average molecular weight is 434 g/mol. The Hall–Kier alpha value is -3.63. The Morgan fingerprint density at radius 1 is 1.13 bits per heavy atom. The molecule has 4 heterocycles. The molecule has 30 heavy (non-hydrogen) atoms. The van der Waals surface area contributed by atoms with Gasteiger partial charge in [-0.25, -0.2) is 9.97 Å². The van der Waals surface area contributed by atoms with E-state index in [9.17, 15) is 4.79 Å². The minimum Gasteiger partial charge on any atom is -0.320 e. The molecule has 0 unspecified atom stereocenters. The number of carbonyl (C=O) groups is 1. The Kier molecular flexibility index (Phi) is 4.69. The topological polar surface area (TPSA) is 108 Å². The second-order valence-electron chi connectivity index (χ2n) is 6.47. The van der Waals surface area contributed by atoms with Gasteiger partial charge in [0.25, 0.3) is 5.91 Å². The zero-order valence-corrected chi connectivity index (χ0v) is 17.3. The minimum absolute atomic E-state index is 0.219. The molecule has 0 atom stereocenters. The van der Waals surface area contributed by atoms with Crippen LogP contribution in [0.5, 0.6) is 0 Å². The number of rotatable bonds is 5. The van der Waals surface area contributed by atoms with E-state index in [0.717, 1.165) is 32.7 Å². The summed E-state index contributed by atoms with van der Waals surface area (Å²) in [5, 5.41) is 14.6. The largest absolute Gasteiger partial charge is 0.320 e. The van der Waals surface area contributed by atoms with E-state index in [1.54, 1.807) is 24.1 Å². The number of benzene rings is 1. The SMILES string of the molecule is Cc1ccc2[nH]ncc2c1NC(=O)c1cnc(Nc2cccc(-c3cncs3)n2)s1. The molecule has 0 fully saturated rings. The molecule has 0 bridgehead atoms. The highest BCUT2D eigenvalue weighted by atomic mass is 32.1. The monoisotopic (exact) mass is 433 g/mol. The molecule has 5 rings (SSSR count). The van der Waals surface area contributed by atoms with Crippen LogP contribution in [0.25, 0.3) is 21.5 Å². The zero-order chi connectivity index (χ0) is 20.5. The highest BCUT2D eigenvalue weighted by molar-refractivity contribution is 7.17. The van der Waals surface area contributed by atoms with Crippen LogP contribution in [0.15, 0.2) is 54.4 Å². The standard InChI is InChI=1S/C20H15N7OS2/c1-11-5-6-13-12(7-23-27-13)18(11)26-19(28)16-9-22-20(30-16)25-17-4-2-3-14(24-17)15-8-21-10-29-15/h2-10H,1H3,(H,23,27)(H,26,28)(H,22,24,25). The fraction of sp³-hybridized carbons (Fsp3) is 0.0500. The van der Waals surface area contributed by atoms with Crippen molar-refractivity contribution >= 4 is 56.1 Å². The van der Waals surface area contributed by atoms with Gasteiger partial charge in [-0.15, -0.1) is 11.3 Å². The molecular formula is C20H15N7OS2. The Balaban J connectivity index is 1.34. The van der Waals surface area contributed by atoms with Crippen molar-refractivity contribution in [1.29, 1.82) is 0 Å². The third kappa shape index (κ3) is 3.53. The lowest BCUT2D eigenvalue weighted by molar-refractivity contribution is 0.103. The van der Waals surface area contributed by atoms with E-state index in [2.05, 4.69) is 35.8 Å². The van der Waals surface area contributed by atoms with Gasteiger partial charge in [-0.2, -0.15) is 5.10 Å². The highest BCUT2D eigenvalue weighted by Gasteiger charge is 2.15. The van der Waals surface area contributed by atoms with Crippen molar-refractivity contribution in [2.75, 3.05) is 10.6 Å². The lowest BCUT2D eigenvalue weighted by atomic mass is 10.1. The van der Waals surface area contributed by atoms with E-state index in [0.29, 0.717) is 15.8 Å². The van der Waals surface area contributed by atoms with Gasteiger partial charge in [-0.3, -0.25) is 14.9 Å². The fourth-order valence-electron chi connectivity index (χ4n) is 3.00.